The molecule has 0 unspecified atom stereocenters. The number of nitrogens with one attached hydrogen (secondary N) is 1. The zero-order valence-electron chi connectivity index (χ0n) is 11.0. The lowest BCUT2D eigenvalue weighted by molar-refractivity contribution is 0.538. The van der Waals surface area contributed by atoms with Crippen LogP contribution in [0.15, 0.2) is 29.2 Å². The molecule has 3 N–H and O–H groups in total. The molecule has 0 bridgehead atoms. The third kappa shape index (κ3) is 5.16. The van der Waals surface area contributed by atoms with Crippen molar-refractivity contribution in [3.63, 3.8) is 0 Å². The zero-order chi connectivity index (χ0) is 13.6. The van der Waals surface area contributed by atoms with E-state index in [1.807, 2.05) is 12.1 Å². The molecule has 5 heteroatoms. The molecule has 1 atom stereocenters. The van der Waals surface area contributed by atoms with Crippen LogP contribution in [0.2, 0.25) is 0 Å². The van der Waals surface area contributed by atoms with Crippen LogP contribution in [0, 0.1) is 0 Å². The predicted molar refractivity (Wildman–Crippen MR) is 74.1 cm³/mol. The Labute approximate surface area is 110 Å². The van der Waals surface area contributed by atoms with E-state index in [-0.39, 0.29) is 6.04 Å². The van der Waals surface area contributed by atoms with Gasteiger partial charge in [0.05, 0.1) is 4.90 Å². The summed E-state index contributed by atoms with van der Waals surface area (Å²) in [7, 11) is -3.10. The summed E-state index contributed by atoms with van der Waals surface area (Å²) in [6.07, 6.45) is 3.32. The van der Waals surface area contributed by atoms with Gasteiger partial charge in [0.1, 0.15) is 0 Å². The van der Waals surface area contributed by atoms with Gasteiger partial charge in [0.2, 0.25) is 0 Å². The number of rotatable bonds is 7. The molecule has 0 saturated carbocycles. The Hall–Kier alpha value is -0.910. The second-order valence-corrected chi connectivity index (χ2v) is 6.61. The third-order valence-corrected chi connectivity index (χ3v) is 3.88. The van der Waals surface area contributed by atoms with Gasteiger partial charge in [-0.25, -0.2) is 8.42 Å². The van der Waals surface area contributed by atoms with Crippen molar-refractivity contribution in [2.24, 2.45) is 5.73 Å². The molecular weight excluding hydrogens is 248 g/mol. The van der Waals surface area contributed by atoms with Crippen molar-refractivity contribution in [3.05, 3.63) is 29.8 Å². The Morgan fingerprint density at radius 1 is 1.28 bits per heavy atom. The van der Waals surface area contributed by atoms with Crippen LogP contribution in [0.4, 0.5) is 0 Å². The molecule has 1 aromatic rings. The SMILES string of the molecule is CCC[C@@H](N)CNCc1ccc(S(C)(=O)=O)cc1. The summed E-state index contributed by atoms with van der Waals surface area (Å²) in [6, 6.07) is 7.12. The Morgan fingerprint density at radius 3 is 2.39 bits per heavy atom. The first-order valence-electron chi connectivity index (χ1n) is 6.18. The summed E-state index contributed by atoms with van der Waals surface area (Å²) in [5.74, 6) is 0. The van der Waals surface area contributed by atoms with Gasteiger partial charge in [-0.3, -0.25) is 0 Å². The molecule has 0 aromatic heterocycles. The molecular formula is C13H22N2O2S. The fraction of sp³-hybridized carbons (Fsp3) is 0.538. The molecule has 0 aliphatic heterocycles. The second-order valence-electron chi connectivity index (χ2n) is 4.60. The van der Waals surface area contributed by atoms with Crippen LogP contribution in [0.1, 0.15) is 25.3 Å². The van der Waals surface area contributed by atoms with Gasteiger partial charge in [-0.2, -0.15) is 0 Å². The first kappa shape index (κ1) is 15.1. The van der Waals surface area contributed by atoms with Crippen molar-refractivity contribution in [2.75, 3.05) is 12.8 Å². The Morgan fingerprint density at radius 2 is 1.89 bits per heavy atom. The molecule has 0 fully saturated rings. The first-order chi connectivity index (χ1) is 8.43. The minimum atomic E-state index is -3.10. The molecule has 102 valence electrons. The van der Waals surface area contributed by atoms with Gasteiger partial charge in [-0.05, 0) is 24.1 Å². The highest BCUT2D eigenvalue weighted by molar-refractivity contribution is 7.90. The van der Waals surface area contributed by atoms with Gasteiger partial charge < -0.3 is 11.1 Å². The van der Waals surface area contributed by atoms with Gasteiger partial charge in [0.25, 0.3) is 0 Å². The van der Waals surface area contributed by atoms with Crippen molar-refractivity contribution >= 4 is 9.84 Å². The monoisotopic (exact) mass is 270 g/mol. The van der Waals surface area contributed by atoms with Crippen LogP contribution in [0.5, 0.6) is 0 Å². The summed E-state index contributed by atoms with van der Waals surface area (Å²) < 4.78 is 22.6. The molecule has 0 heterocycles. The average molecular weight is 270 g/mol. The van der Waals surface area contributed by atoms with Crippen molar-refractivity contribution < 1.29 is 8.42 Å². The lowest BCUT2D eigenvalue weighted by Gasteiger charge is -2.11. The normalized spacial score (nSPS) is 13.5. The lowest BCUT2D eigenvalue weighted by Crippen LogP contribution is -2.33. The molecule has 0 aliphatic rings. The molecule has 1 aromatic carbocycles. The van der Waals surface area contributed by atoms with Crippen LogP contribution >= 0.6 is 0 Å². The van der Waals surface area contributed by atoms with Crippen LogP contribution < -0.4 is 11.1 Å². The molecule has 18 heavy (non-hydrogen) atoms. The lowest BCUT2D eigenvalue weighted by atomic mass is 10.1. The molecule has 4 nitrogen and oxygen atoms in total. The van der Waals surface area contributed by atoms with Crippen LogP contribution in [-0.4, -0.2) is 27.3 Å². The van der Waals surface area contributed by atoms with Gasteiger partial charge in [0, 0.05) is 25.4 Å². The largest absolute Gasteiger partial charge is 0.327 e. The van der Waals surface area contributed by atoms with Gasteiger partial charge in [-0.15, -0.1) is 0 Å². The number of sulfone groups is 1. The number of hydrogen-bond acceptors (Lipinski definition) is 4. The van der Waals surface area contributed by atoms with E-state index in [2.05, 4.69) is 12.2 Å². The molecule has 0 spiro atoms. The molecule has 0 amide bonds. The molecule has 0 saturated heterocycles. The summed E-state index contributed by atoms with van der Waals surface area (Å²) in [4.78, 5) is 0.355. The fourth-order valence-electron chi connectivity index (χ4n) is 1.73. The first-order valence-corrected chi connectivity index (χ1v) is 8.08. The van der Waals surface area contributed by atoms with Crippen LogP contribution in [0.25, 0.3) is 0 Å². The van der Waals surface area contributed by atoms with Crippen molar-refractivity contribution in [1.82, 2.24) is 5.32 Å². The van der Waals surface area contributed by atoms with E-state index in [1.54, 1.807) is 12.1 Å². The summed E-state index contributed by atoms with van der Waals surface area (Å²) in [5, 5.41) is 3.27. The van der Waals surface area contributed by atoms with Crippen molar-refractivity contribution in [3.8, 4) is 0 Å². The highest BCUT2D eigenvalue weighted by atomic mass is 32.2. The van der Waals surface area contributed by atoms with E-state index in [0.717, 1.165) is 24.9 Å². The smallest absolute Gasteiger partial charge is 0.175 e. The molecule has 0 radical (unpaired) electrons. The number of hydrogen-bond donors (Lipinski definition) is 2. The number of benzene rings is 1. The van der Waals surface area contributed by atoms with Crippen LogP contribution in [0.3, 0.4) is 0 Å². The van der Waals surface area contributed by atoms with E-state index in [1.165, 1.54) is 6.26 Å². The maximum atomic E-state index is 11.3. The summed E-state index contributed by atoms with van der Waals surface area (Å²) >= 11 is 0. The Bertz CT molecular complexity index is 454. The molecule has 1 rings (SSSR count). The molecule has 0 aliphatic carbocycles. The summed E-state index contributed by atoms with van der Waals surface area (Å²) in [5.41, 5.74) is 6.95. The second kappa shape index (κ2) is 6.87. The quantitative estimate of drug-likeness (QED) is 0.783. The zero-order valence-corrected chi connectivity index (χ0v) is 11.8. The Balaban J connectivity index is 2.45. The van der Waals surface area contributed by atoms with Gasteiger partial charge >= 0.3 is 0 Å². The fourth-order valence-corrected chi connectivity index (χ4v) is 2.36. The third-order valence-electron chi connectivity index (χ3n) is 2.75. The maximum absolute atomic E-state index is 11.3. The topological polar surface area (TPSA) is 72.2 Å². The standard InChI is InChI=1S/C13H22N2O2S/c1-3-4-12(14)10-15-9-11-5-7-13(8-6-11)18(2,16)17/h5-8,12,15H,3-4,9-10,14H2,1-2H3/t12-/m1/s1. The van der Waals surface area contributed by atoms with E-state index in [4.69, 9.17) is 5.73 Å². The maximum Gasteiger partial charge on any atom is 0.175 e. The van der Waals surface area contributed by atoms with Crippen molar-refractivity contribution in [2.45, 2.75) is 37.2 Å². The van der Waals surface area contributed by atoms with E-state index in [9.17, 15) is 8.42 Å². The average Bonchev–Trinajstić information content (AvgIpc) is 2.29. The van der Waals surface area contributed by atoms with E-state index >= 15 is 0 Å². The van der Waals surface area contributed by atoms with Gasteiger partial charge in [0.15, 0.2) is 9.84 Å². The highest BCUT2D eigenvalue weighted by Crippen LogP contribution is 2.10. The minimum Gasteiger partial charge on any atom is -0.327 e. The highest BCUT2D eigenvalue weighted by Gasteiger charge is 2.06. The van der Waals surface area contributed by atoms with Crippen LogP contribution in [-0.2, 0) is 16.4 Å². The minimum absolute atomic E-state index is 0.185. The van der Waals surface area contributed by atoms with Gasteiger partial charge in [-0.1, -0.05) is 25.5 Å². The summed E-state index contributed by atoms with van der Waals surface area (Å²) in [6.45, 7) is 3.60. The predicted octanol–water partition coefficient (Wildman–Crippen LogP) is 1.31. The Kier molecular flexibility index (Phi) is 5.78. The van der Waals surface area contributed by atoms with E-state index < -0.39 is 9.84 Å². The van der Waals surface area contributed by atoms with E-state index in [0.29, 0.717) is 11.4 Å². The van der Waals surface area contributed by atoms with Crippen molar-refractivity contribution in [1.29, 1.82) is 0 Å². The number of nitrogens with two attached hydrogens (primary N) is 1.